The topological polar surface area (TPSA) is 59.2 Å². The van der Waals surface area contributed by atoms with E-state index in [2.05, 4.69) is 48.3 Å². The van der Waals surface area contributed by atoms with E-state index >= 15 is 0 Å². The molecule has 3 aromatic rings. The van der Waals surface area contributed by atoms with Crippen LogP contribution in [0.4, 0.5) is 5.69 Å². The predicted octanol–water partition coefficient (Wildman–Crippen LogP) is 4.38. The van der Waals surface area contributed by atoms with E-state index in [1.54, 1.807) is 0 Å². The Bertz CT molecular complexity index is 946. The zero-order valence-electron chi connectivity index (χ0n) is 15.7. The van der Waals surface area contributed by atoms with Crippen molar-refractivity contribution in [1.82, 2.24) is 10.1 Å². The summed E-state index contributed by atoms with van der Waals surface area (Å²) < 4.78 is 5.46. The van der Waals surface area contributed by atoms with Crippen LogP contribution in [0.15, 0.2) is 53.1 Å². The second-order valence-corrected chi connectivity index (χ2v) is 6.94. The maximum atomic E-state index is 12.5. The number of aromatic nitrogens is 2. The highest BCUT2D eigenvalue weighted by Gasteiger charge is 2.34. The average molecular weight is 361 g/mol. The minimum Gasteiger partial charge on any atom is -0.334 e. The van der Waals surface area contributed by atoms with Crippen LogP contribution in [0.25, 0.3) is 11.5 Å². The van der Waals surface area contributed by atoms with E-state index in [4.69, 9.17) is 4.52 Å². The molecule has 138 valence electrons. The van der Waals surface area contributed by atoms with Gasteiger partial charge >= 0.3 is 0 Å². The van der Waals surface area contributed by atoms with E-state index in [1.807, 2.05) is 29.2 Å². The van der Waals surface area contributed by atoms with Gasteiger partial charge in [-0.05, 0) is 48.2 Å². The molecule has 1 amide bonds. The van der Waals surface area contributed by atoms with Gasteiger partial charge in [0, 0.05) is 30.1 Å². The van der Waals surface area contributed by atoms with E-state index in [0.29, 0.717) is 24.7 Å². The zero-order chi connectivity index (χ0) is 18.8. The summed E-state index contributed by atoms with van der Waals surface area (Å²) in [5.41, 5.74) is 4.34. The molecule has 0 spiro atoms. The van der Waals surface area contributed by atoms with Crippen molar-refractivity contribution in [2.75, 3.05) is 11.4 Å². The standard InChI is InChI=1S/C22H23N3O2/c1-3-15-8-10-17(11-9-15)22-23-21(24-27-22)18-13-20(26)25(14-18)19-7-5-6-16(4-2)12-19/h5-12,18H,3-4,13-14H2,1-2H3. The third-order valence-corrected chi connectivity index (χ3v) is 5.17. The molecule has 0 aliphatic carbocycles. The lowest BCUT2D eigenvalue weighted by molar-refractivity contribution is -0.117. The van der Waals surface area contributed by atoms with Gasteiger partial charge in [-0.3, -0.25) is 4.79 Å². The van der Waals surface area contributed by atoms with Crippen molar-refractivity contribution in [2.45, 2.75) is 39.0 Å². The van der Waals surface area contributed by atoms with Crippen LogP contribution < -0.4 is 4.90 Å². The van der Waals surface area contributed by atoms with Crippen LogP contribution in [-0.4, -0.2) is 22.6 Å². The number of carbonyl (C=O) groups excluding carboxylic acids is 1. The summed E-state index contributed by atoms with van der Waals surface area (Å²) in [6, 6.07) is 16.3. The molecule has 4 rings (SSSR count). The molecule has 1 aliphatic rings. The first-order valence-corrected chi connectivity index (χ1v) is 9.50. The number of amides is 1. The highest BCUT2D eigenvalue weighted by atomic mass is 16.5. The zero-order valence-corrected chi connectivity index (χ0v) is 15.7. The normalized spacial score (nSPS) is 16.9. The Kier molecular flexibility index (Phi) is 4.75. The molecule has 2 heterocycles. The molecular weight excluding hydrogens is 338 g/mol. The van der Waals surface area contributed by atoms with Gasteiger partial charge in [0.1, 0.15) is 0 Å². The van der Waals surface area contributed by atoms with E-state index in [9.17, 15) is 4.79 Å². The Labute approximate surface area is 159 Å². The first kappa shape index (κ1) is 17.5. The van der Waals surface area contributed by atoms with Gasteiger partial charge in [0.15, 0.2) is 5.82 Å². The SMILES string of the molecule is CCc1ccc(-c2nc(C3CC(=O)N(c4cccc(CC)c4)C3)no2)cc1. The third-order valence-electron chi connectivity index (χ3n) is 5.17. The smallest absolute Gasteiger partial charge is 0.257 e. The number of hydrogen-bond acceptors (Lipinski definition) is 4. The van der Waals surface area contributed by atoms with Crippen LogP contribution in [0.1, 0.15) is 43.1 Å². The molecule has 1 aliphatic heterocycles. The number of rotatable bonds is 5. The number of anilines is 1. The summed E-state index contributed by atoms with van der Waals surface area (Å²) in [6.07, 6.45) is 2.35. The van der Waals surface area contributed by atoms with Gasteiger partial charge in [-0.25, -0.2) is 0 Å². The van der Waals surface area contributed by atoms with Crippen LogP contribution in [0.2, 0.25) is 0 Å². The summed E-state index contributed by atoms with van der Waals surface area (Å²) in [5.74, 6) is 1.17. The van der Waals surface area contributed by atoms with E-state index in [-0.39, 0.29) is 11.8 Å². The summed E-state index contributed by atoms with van der Waals surface area (Å²) in [4.78, 5) is 18.9. The highest BCUT2D eigenvalue weighted by Crippen LogP contribution is 2.32. The second kappa shape index (κ2) is 7.35. The Morgan fingerprint density at radius 1 is 1.07 bits per heavy atom. The average Bonchev–Trinajstić information content (AvgIpc) is 3.35. The molecule has 1 saturated heterocycles. The van der Waals surface area contributed by atoms with Crippen LogP contribution in [0, 0.1) is 0 Å². The van der Waals surface area contributed by atoms with Crippen LogP contribution in [0.5, 0.6) is 0 Å². The molecule has 2 aromatic carbocycles. The quantitative estimate of drug-likeness (QED) is 0.676. The molecule has 1 atom stereocenters. The van der Waals surface area contributed by atoms with Crippen molar-refractivity contribution < 1.29 is 9.32 Å². The minimum absolute atomic E-state index is 0.0461. The highest BCUT2D eigenvalue weighted by molar-refractivity contribution is 5.96. The summed E-state index contributed by atoms with van der Waals surface area (Å²) >= 11 is 0. The van der Waals surface area contributed by atoms with Crippen LogP contribution in [0.3, 0.4) is 0 Å². The maximum Gasteiger partial charge on any atom is 0.257 e. The first-order valence-electron chi connectivity index (χ1n) is 9.50. The number of carbonyl (C=O) groups is 1. The molecule has 1 unspecified atom stereocenters. The van der Waals surface area contributed by atoms with E-state index in [1.165, 1.54) is 11.1 Å². The van der Waals surface area contributed by atoms with Gasteiger partial charge in [-0.2, -0.15) is 4.98 Å². The molecule has 5 nitrogen and oxygen atoms in total. The van der Waals surface area contributed by atoms with E-state index < -0.39 is 0 Å². The van der Waals surface area contributed by atoms with Crippen molar-refractivity contribution in [3.63, 3.8) is 0 Å². The first-order chi connectivity index (χ1) is 13.2. The minimum atomic E-state index is -0.0461. The van der Waals surface area contributed by atoms with Crippen molar-refractivity contribution in [3.8, 4) is 11.5 Å². The molecule has 5 heteroatoms. The van der Waals surface area contributed by atoms with Crippen molar-refractivity contribution >= 4 is 11.6 Å². The lowest BCUT2D eigenvalue weighted by atomic mass is 10.1. The number of benzene rings is 2. The van der Waals surface area contributed by atoms with Crippen LogP contribution >= 0.6 is 0 Å². The molecule has 0 saturated carbocycles. The van der Waals surface area contributed by atoms with Gasteiger partial charge in [0.05, 0.1) is 0 Å². The van der Waals surface area contributed by atoms with Gasteiger partial charge in [-0.15, -0.1) is 0 Å². The van der Waals surface area contributed by atoms with Gasteiger partial charge in [0.25, 0.3) is 5.89 Å². The fourth-order valence-electron chi connectivity index (χ4n) is 3.48. The fourth-order valence-corrected chi connectivity index (χ4v) is 3.48. The van der Waals surface area contributed by atoms with Crippen molar-refractivity contribution in [3.05, 3.63) is 65.5 Å². The summed E-state index contributed by atoms with van der Waals surface area (Å²) in [7, 11) is 0. The van der Waals surface area contributed by atoms with E-state index in [0.717, 1.165) is 24.1 Å². The van der Waals surface area contributed by atoms with Crippen LogP contribution in [-0.2, 0) is 17.6 Å². The summed E-state index contributed by atoms with van der Waals surface area (Å²) in [6.45, 7) is 4.82. The number of hydrogen-bond donors (Lipinski definition) is 0. The lowest BCUT2D eigenvalue weighted by Crippen LogP contribution is -2.24. The number of nitrogens with zero attached hydrogens (tertiary/aromatic N) is 3. The predicted molar refractivity (Wildman–Crippen MR) is 105 cm³/mol. The molecule has 0 N–H and O–H groups in total. The van der Waals surface area contributed by atoms with Gasteiger partial charge < -0.3 is 9.42 Å². The maximum absolute atomic E-state index is 12.5. The fraction of sp³-hybridized carbons (Fsp3) is 0.318. The second-order valence-electron chi connectivity index (χ2n) is 6.94. The Hall–Kier alpha value is -2.95. The molecule has 0 bridgehead atoms. The number of aryl methyl sites for hydroxylation is 2. The Morgan fingerprint density at radius 3 is 2.59 bits per heavy atom. The summed E-state index contributed by atoms with van der Waals surface area (Å²) in [5, 5.41) is 4.15. The van der Waals surface area contributed by atoms with Crippen molar-refractivity contribution in [2.24, 2.45) is 0 Å². The molecule has 0 radical (unpaired) electrons. The molecule has 27 heavy (non-hydrogen) atoms. The Balaban J connectivity index is 1.53. The van der Waals surface area contributed by atoms with Crippen molar-refractivity contribution in [1.29, 1.82) is 0 Å². The molecule has 1 fully saturated rings. The lowest BCUT2D eigenvalue weighted by Gasteiger charge is -2.17. The Morgan fingerprint density at radius 2 is 1.85 bits per heavy atom. The monoisotopic (exact) mass is 361 g/mol. The van der Waals surface area contributed by atoms with Gasteiger partial charge in [-0.1, -0.05) is 43.3 Å². The third kappa shape index (κ3) is 3.50. The largest absolute Gasteiger partial charge is 0.334 e. The molecular formula is C22H23N3O2. The molecule has 1 aromatic heterocycles. The van der Waals surface area contributed by atoms with Gasteiger partial charge in [0.2, 0.25) is 5.91 Å².